The maximum Gasteiger partial charge on any atom is 0.220 e. The Balaban J connectivity index is 3.27. The highest BCUT2D eigenvalue weighted by Crippen LogP contribution is 2.05. The van der Waals surface area contributed by atoms with Crippen molar-refractivity contribution >= 4 is 5.91 Å². The largest absolute Gasteiger partial charge is 0.356 e. The van der Waals surface area contributed by atoms with Crippen molar-refractivity contribution in [2.45, 2.75) is 46.0 Å². The summed E-state index contributed by atoms with van der Waals surface area (Å²) in [5, 5.41) is 2.93. The monoisotopic (exact) mass is 200 g/mol. The molecule has 0 radical (unpaired) electrons. The third-order valence-electron chi connectivity index (χ3n) is 2.43. The maximum atomic E-state index is 11.3. The molecule has 0 rings (SSSR count). The quantitative estimate of drug-likeness (QED) is 0.586. The van der Waals surface area contributed by atoms with Gasteiger partial charge in [-0.15, -0.1) is 0 Å². The van der Waals surface area contributed by atoms with Gasteiger partial charge in [-0.1, -0.05) is 26.7 Å². The molecule has 0 spiro atoms. The average molecular weight is 200 g/mol. The highest BCUT2D eigenvalue weighted by Gasteiger charge is 2.05. The Kier molecular flexibility index (Phi) is 8.64. The fraction of sp³-hybridized carbons (Fsp3) is 0.909. The summed E-state index contributed by atoms with van der Waals surface area (Å²) in [4.78, 5) is 11.3. The molecule has 14 heavy (non-hydrogen) atoms. The molecule has 0 fully saturated rings. The van der Waals surface area contributed by atoms with Gasteiger partial charge in [-0.05, 0) is 25.3 Å². The lowest BCUT2D eigenvalue weighted by Crippen LogP contribution is -2.25. The number of carbonyl (C=O) groups excluding carboxylic acids is 1. The van der Waals surface area contributed by atoms with Gasteiger partial charge in [0.05, 0.1) is 0 Å². The second-order valence-corrected chi connectivity index (χ2v) is 3.92. The number of hydrogen-bond donors (Lipinski definition) is 2. The second kappa shape index (κ2) is 9.00. The third-order valence-corrected chi connectivity index (χ3v) is 2.43. The molecule has 3 heteroatoms. The first-order chi connectivity index (χ1) is 6.70. The van der Waals surface area contributed by atoms with Crippen LogP contribution in [-0.4, -0.2) is 19.0 Å². The van der Waals surface area contributed by atoms with Crippen molar-refractivity contribution in [3.8, 4) is 0 Å². The van der Waals surface area contributed by atoms with E-state index < -0.39 is 0 Å². The van der Waals surface area contributed by atoms with Gasteiger partial charge in [-0.2, -0.15) is 0 Å². The van der Waals surface area contributed by atoms with E-state index in [4.69, 9.17) is 5.73 Å². The van der Waals surface area contributed by atoms with Crippen molar-refractivity contribution in [1.82, 2.24) is 5.32 Å². The summed E-state index contributed by atoms with van der Waals surface area (Å²) >= 11 is 0. The van der Waals surface area contributed by atoms with Crippen LogP contribution in [0.4, 0.5) is 0 Å². The zero-order valence-electron chi connectivity index (χ0n) is 9.51. The number of unbranched alkanes of at least 4 members (excludes halogenated alkanes) is 2. The first kappa shape index (κ1) is 13.4. The van der Waals surface area contributed by atoms with Crippen LogP contribution in [0.25, 0.3) is 0 Å². The zero-order valence-corrected chi connectivity index (χ0v) is 9.51. The van der Waals surface area contributed by atoms with E-state index in [0.29, 0.717) is 12.3 Å². The summed E-state index contributed by atoms with van der Waals surface area (Å²) in [7, 11) is 0. The van der Waals surface area contributed by atoms with Crippen LogP contribution in [-0.2, 0) is 4.79 Å². The predicted octanol–water partition coefficient (Wildman–Crippen LogP) is 1.67. The van der Waals surface area contributed by atoms with E-state index in [1.807, 2.05) is 0 Å². The van der Waals surface area contributed by atoms with E-state index in [1.165, 1.54) is 0 Å². The first-order valence-electron chi connectivity index (χ1n) is 5.67. The summed E-state index contributed by atoms with van der Waals surface area (Å²) < 4.78 is 0. The lowest BCUT2D eigenvalue weighted by Gasteiger charge is -2.08. The normalized spacial score (nSPS) is 12.5. The molecule has 0 bridgehead atoms. The highest BCUT2D eigenvalue weighted by atomic mass is 16.1. The van der Waals surface area contributed by atoms with E-state index >= 15 is 0 Å². The Morgan fingerprint density at radius 3 is 2.64 bits per heavy atom. The minimum absolute atomic E-state index is 0.187. The number of nitrogens with two attached hydrogens (primary N) is 1. The third kappa shape index (κ3) is 8.05. The van der Waals surface area contributed by atoms with Crippen LogP contribution in [0.15, 0.2) is 0 Å². The van der Waals surface area contributed by atoms with Gasteiger partial charge in [-0.25, -0.2) is 0 Å². The molecule has 0 aliphatic heterocycles. The van der Waals surface area contributed by atoms with Crippen LogP contribution in [0.5, 0.6) is 0 Å². The number of rotatable bonds is 8. The molecule has 1 amide bonds. The molecule has 0 aliphatic rings. The van der Waals surface area contributed by atoms with Crippen molar-refractivity contribution in [3.63, 3.8) is 0 Å². The van der Waals surface area contributed by atoms with Crippen molar-refractivity contribution in [1.29, 1.82) is 0 Å². The molecule has 0 saturated carbocycles. The maximum absolute atomic E-state index is 11.3. The van der Waals surface area contributed by atoms with E-state index in [9.17, 15) is 4.79 Å². The summed E-state index contributed by atoms with van der Waals surface area (Å²) in [5.74, 6) is 0.686. The van der Waals surface area contributed by atoms with Gasteiger partial charge in [0.2, 0.25) is 5.91 Å². The molecular weight excluding hydrogens is 176 g/mol. The van der Waals surface area contributed by atoms with E-state index in [0.717, 1.165) is 38.8 Å². The Bertz CT molecular complexity index is 148. The van der Waals surface area contributed by atoms with Crippen LogP contribution in [0.1, 0.15) is 46.0 Å². The van der Waals surface area contributed by atoms with Crippen LogP contribution in [0.3, 0.4) is 0 Å². The van der Waals surface area contributed by atoms with Gasteiger partial charge in [0, 0.05) is 13.0 Å². The van der Waals surface area contributed by atoms with E-state index in [-0.39, 0.29) is 5.91 Å². The molecule has 0 heterocycles. The summed E-state index contributed by atoms with van der Waals surface area (Å²) in [6, 6.07) is 0. The SMILES string of the molecule is CCC(C)CC(=O)NCCCCCN. The lowest BCUT2D eigenvalue weighted by atomic mass is 10.1. The van der Waals surface area contributed by atoms with Gasteiger partial charge >= 0.3 is 0 Å². The standard InChI is InChI=1S/C11H24N2O/c1-3-10(2)9-11(14)13-8-6-4-5-7-12/h10H,3-9,12H2,1-2H3,(H,13,14). The number of nitrogens with one attached hydrogen (secondary N) is 1. The molecule has 0 aromatic carbocycles. The molecule has 0 aromatic heterocycles. The second-order valence-electron chi connectivity index (χ2n) is 3.92. The van der Waals surface area contributed by atoms with Gasteiger partial charge in [0.1, 0.15) is 0 Å². The molecule has 3 nitrogen and oxygen atoms in total. The summed E-state index contributed by atoms with van der Waals surface area (Å²) in [6.45, 7) is 5.77. The van der Waals surface area contributed by atoms with Gasteiger partial charge in [0.15, 0.2) is 0 Å². The lowest BCUT2D eigenvalue weighted by molar-refractivity contribution is -0.121. The van der Waals surface area contributed by atoms with Gasteiger partial charge < -0.3 is 11.1 Å². The van der Waals surface area contributed by atoms with Gasteiger partial charge in [0.25, 0.3) is 0 Å². The highest BCUT2D eigenvalue weighted by molar-refractivity contribution is 5.76. The first-order valence-corrected chi connectivity index (χ1v) is 5.67. The molecule has 84 valence electrons. The Labute approximate surface area is 87.4 Å². The molecule has 0 aliphatic carbocycles. The van der Waals surface area contributed by atoms with Crippen molar-refractivity contribution in [2.75, 3.05) is 13.1 Å². The predicted molar refractivity (Wildman–Crippen MR) is 60.0 cm³/mol. The fourth-order valence-electron chi connectivity index (χ4n) is 1.21. The molecule has 1 atom stereocenters. The zero-order chi connectivity index (χ0) is 10.8. The van der Waals surface area contributed by atoms with E-state index in [1.54, 1.807) is 0 Å². The Morgan fingerprint density at radius 1 is 1.36 bits per heavy atom. The molecule has 0 aromatic rings. The van der Waals surface area contributed by atoms with Crippen LogP contribution in [0, 0.1) is 5.92 Å². The molecule has 0 saturated heterocycles. The molecule has 3 N–H and O–H groups in total. The smallest absolute Gasteiger partial charge is 0.220 e. The Hall–Kier alpha value is -0.570. The van der Waals surface area contributed by atoms with E-state index in [2.05, 4.69) is 19.2 Å². The van der Waals surface area contributed by atoms with Crippen LogP contribution < -0.4 is 11.1 Å². The fourth-order valence-corrected chi connectivity index (χ4v) is 1.21. The number of carbonyl (C=O) groups is 1. The Morgan fingerprint density at radius 2 is 2.07 bits per heavy atom. The average Bonchev–Trinajstić information content (AvgIpc) is 2.17. The number of amides is 1. The minimum atomic E-state index is 0.187. The van der Waals surface area contributed by atoms with Gasteiger partial charge in [-0.3, -0.25) is 4.79 Å². The molecule has 1 unspecified atom stereocenters. The topological polar surface area (TPSA) is 55.1 Å². The number of hydrogen-bond acceptors (Lipinski definition) is 2. The van der Waals surface area contributed by atoms with Crippen molar-refractivity contribution < 1.29 is 4.79 Å². The van der Waals surface area contributed by atoms with Crippen LogP contribution in [0.2, 0.25) is 0 Å². The van der Waals surface area contributed by atoms with Crippen LogP contribution >= 0.6 is 0 Å². The van der Waals surface area contributed by atoms with Crippen molar-refractivity contribution in [3.05, 3.63) is 0 Å². The summed E-state index contributed by atoms with van der Waals surface area (Å²) in [6.07, 6.45) is 4.94. The molecular formula is C11H24N2O. The minimum Gasteiger partial charge on any atom is -0.356 e. The van der Waals surface area contributed by atoms with Crippen molar-refractivity contribution in [2.24, 2.45) is 11.7 Å². The summed E-state index contributed by atoms with van der Waals surface area (Å²) in [5.41, 5.74) is 5.37.